The van der Waals surface area contributed by atoms with Crippen LogP contribution >= 0.6 is 0 Å². The molecule has 1 aromatic heterocycles. The zero-order valence-electron chi connectivity index (χ0n) is 20.0. The molecule has 0 bridgehead atoms. The molecule has 1 saturated heterocycles. The van der Waals surface area contributed by atoms with Crippen molar-refractivity contribution in [2.75, 3.05) is 19.6 Å². The van der Waals surface area contributed by atoms with Crippen LogP contribution in [-0.2, 0) is 11.0 Å². The van der Waals surface area contributed by atoms with Crippen molar-refractivity contribution in [2.45, 2.75) is 69.0 Å². The number of rotatable bonds is 9. The van der Waals surface area contributed by atoms with Crippen molar-refractivity contribution in [1.82, 2.24) is 25.0 Å². The van der Waals surface area contributed by atoms with E-state index in [0.29, 0.717) is 12.8 Å². The molecule has 2 N–H and O–H groups in total. The molecule has 1 saturated carbocycles. The minimum absolute atomic E-state index is 0.0984. The lowest BCUT2D eigenvalue weighted by Crippen LogP contribution is -2.40. The fourth-order valence-electron chi connectivity index (χ4n) is 4.97. The van der Waals surface area contributed by atoms with Crippen LogP contribution in [-0.4, -0.2) is 68.2 Å². The highest BCUT2D eigenvalue weighted by Crippen LogP contribution is 2.38. The minimum Gasteiger partial charge on any atom is -0.481 e. The lowest BCUT2D eigenvalue weighted by atomic mass is 10.1. The Bertz CT molecular complexity index is 1130. The van der Waals surface area contributed by atoms with Crippen LogP contribution in [0.15, 0.2) is 24.3 Å². The number of halogens is 5. The molecule has 4 rings (SSSR count). The Hall–Kier alpha value is -3.09. The molecule has 8 nitrogen and oxygen atoms in total. The molecule has 2 aliphatic rings. The third-order valence-corrected chi connectivity index (χ3v) is 6.79. The SMILES string of the molecule is O=C(O)C[C@H](CCN1CCC(F)(F)C1)NC(=O)c1nc(C2CCCC2)n(-c2ccccc2C(F)(F)F)n1. The van der Waals surface area contributed by atoms with E-state index in [1.165, 1.54) is 23.1 Å². The topological polar surface area (TPSA) is 100 Å². The van der Waals surface area contributed by atoms with Gasteiger partial charge >= 0.3 is 12.1 Å². The number of carbonyl (C=O) groups excluding carboxylic acids is 1. The summed E-state index contributed by atoms with van der Waals surface area (Å²) in [5.74, 6) is -5.13. The van der Waals surface area contributed by atoms with Crippen LogP contribution in [0.4, 0.5) is 22.0 Å². The summed E-state index contributed by atoms with van der Waals surface area (Å²) in [5.41, 5.74) is -1.17. The highest BCUT2D eigenvalue weighted by Gasteiger charge is 2.38. The number of carboxylic acid groups (broad SMARTS) is 1. The molecule has 0 unspecified atom stereocenters. The first-order valence-electron chi connectivity index (χ1n) is 12.2. The van der Waals surface area contributed by atoms with Crippen LogP contribution in [0, 0.1) is 0 Å². The molecule has 0 radical (unpaired) electrons. The monoisotopic (exact) mass is 529 g/mol. The van der Waals surface area contributed by atoms with Gasteiger partial charge in [-0.25, -0.2) is 18.4 Å². The fraction of sp³-hybridized carbons (Fsp3) is 0.583. The third-order valence-electron chi connectivity index (χ3n) is 6.79. The lowest BCUT2D eigenvalue weighted by molar-refractivity contribution is -0.138. The number of nitrogens with zero attached hydrogens (tertiary/aromatic N) is 4. The number of para-hydroxylation sites is 1. The number of amides is 1. The van der Waals surface area contributed by atoms with E-state index in [2.05, 4.69) is 15.4 Å². The van der Waals surface area contributed by atoms with Gasteiger partial charge in [-0.3, -0.25) is 14.5 Å². The van der Waals surface area contributed by atoms with Gasteiger partial charge in [0.15, 0.2) is 0 Å². The minimum atomic E-state index is -4.66. The Morgan fingerprint density at radius 1 is 1.19 bits per heavy atom. The molecule has 1 aliphatic carbocycles. The molecule has 13 heteroatoms. The fourth-order valence-corrected chi connectivity index (χ4v) is 4.97. The second-order valence-corrected chi connectivity index (χ2v) is 9.64. The Labute approximate surface area is 209 Å². The van der Waals surface area contributed by atoms with Crippen molar-refractivity contribution in [1.29, 1.82) is 0 Å². The number of hydrogen-bond acceptors (Lipinski definition) is 5. The van der Waals surface area contributed by atoms with Gasteiger partial charge in [-0.15, -0.1) is 5.10 Å². The van der Waals surface area contributed by atoms with Crippen molar-refractivity contribution in [2.24, 2.45) is 0 Å². The number of alkyl halides is 5. The van der Waals surface area contributed by atoms with Gasteiger partial charge in [0.05, 0.1) is 24.2 Å². The summed E-state index contributed by atoms with van der Waals surface area (Å²) < 4.78 is 69.2. The van der Waals surface area contributed by atoms with Gasteiger partial charge in [-0.2, -0.15) is 13.2 Å². The number of carboxylic acids is 1. The summed E-state index contributed by atoms with van der Waals surface area (Å²) in [5, 5.41) is 15.9. The zero-order valence-corrected chi connectivity index (χ0v) is 20.0. The van der Waals surface area contributed by atoms with E-state index in [4.69, 9.17) is 0 Å². The van der Waals surface area contributed by atoms with E-state index in [9.17, 15) is 36.6 Å². The number of nitrogens with one attached hydrogen (secondary N) is 1. The maximum Gasteiger partial charge on any atom is 0.418 e. The van der Waals surface area contributed by atoms with Crippen molar-refractivity contribution >= 4 is 11.9 Å². The number of carbonyl (C=O) groups is 2. The second kappa shape index (κ2) is 10.7. The molecule has 0 spiro atoms. The molecule has 1 aliphatic heterocycles. The quantitative estimate of drug-likeness (QED) is 0.472. The third kappa shape index (κ3) is 6.62. The molecule has 2 heterocycles. The molecule has 1 aromatic carbocycles. The zero-order chi connectivity index (χ0) is 26.8. The van der Waals surface area contributed by atoms with Crippen LogP contribution in [0.25, 0.3) is 5.69 Å². The molecule has 2 fully saturated rings. The van der Waals surface area contributed by atoms with Crippen LogP contribution in [0.5, 0.6) is 0 Å². The highest BCUT2D eigenvalue weighted by atomic mass is 19.4. The number of likely N-dealkylation sites (tertiary alicyclic amines) is 1. The lowest BCUT2D eigenvalue weighted by Gasteiger charge is -2.20. The van der Waals surface area contributed by atoms with Gasteiger partial charge < -0.3 is 10.4 Å². The van der Waals surface area contributed by atoms with Crippen LogP contribution < -0.4 is 5.32 Å². The summed E-state index contributed by atoms with van der Waals surface area (Å²) in [4.78, 5) is 30.2. The normalized spacial score (nSPS) is 19.3. The van der Waals surface area contributed by atoms with Crippen LogP contribution in [0.2, 0.25) is 0 Å². The van der Waals surface area contributed by atoms with E-state index in [1.807, 2.05) is 0 Å². The Kier molecular flexibility index (Phi) is 7.81. The van der Waals surface area contributed by atoms with Crippen molar-refractivity contribution in [3.8, 4) is 5.69 Å². The summed E-state index contributed by atoms with van der Waals surface area (Å²) in [7, 11) is 0. The molecule has 202 valence electrons. The molecule has 1 amide bonds. The van der Waals surface area contributed by atoms with Gasteiger partial charge in [-0.05, 0) is 31.4 Å². The summed E-state index contributed by atoms with van der Waals surface area (Å²) >= 11 is 0. The van der Waals surface area contributed by atoms with Gasteiger partial charge in [0.1, 0.15) is 5.82 Å². The van der Waals surface area contributed by atoms with Crippen LogP contribution in [0.1, 0.15) is 72.9 Å². The van der Waals surface area contributed by atoms with Gasteiger partial charge in [0, 0.05) is 31.5 Å². The first-order chi connectivity index (χ1) is 17.4. The number of hydrogen-bond donors (Lipinski definition) is 2. The highest BCUT2D eigenvalue weighted by molar-refractivity contribution is 5.91. The standard InChI is InChI=1S/C24H28F5N5O3/c25-23(26)10-12-33(14-23)11-9-16(13-19(35)36)30-22(37)20-31-21(15-5-1-2-6-15)34(32-20)18-8-4-3-7-17(18)24(27,28)29/h3-4,7-8,15-16H,1-2,5-6,9-14H2,(H,30,37)(H,35,36)/t16-/m0/s1. The van der Waals surface area contributed by atoms with E-state index in [0.717, 1.165) is 23.6 Å². The van der Waals surface area contributed by atoms with Crippen molar-refractivity contribution in [3.05, 3.63) is 41.5 Å². The summed E-state index contributed by atoms with van der Waals surface area (Å²) in [6, 6.07) is 3.99. The van der Waals surface area contributed by atoms with E-state index < -0.39 is 48.5 Å². The Morgan fingerprint density at radius 3 is 2.51 bits per heavy atom. The van der Waals surface area contributed by atoms with Gasteiger partial charge in [0.25, 0.3) is 11.8 Å². The average Bonchev–Trinajstić information content (AvgIpc) is 3.56. The number of benzene rings is 1. The molecular formula is C24H28F5N5O3. The first kappa shape index (κ1) is 27.0. The Morgan fingerprint density at radius 2 is 1.89 bits per heavy atom. The van der Waals surface area contributed by atoms with Crippen molar-refractivity contribution < 1.29 is 36.6 Å². The smallest absolute Gasteiger partial charge is 0.418 e. The summed E-state index contributed by atoms with van der Waals surface area (Å²) in [6.07, 6.45) is -2.17. The second-order valence-electron chi connectivity index (χ2n) is 9.64. The predicted octanol–water partition coefficient (Wildman–Crippen LogP) is 4.25. The maximum atomic E-state index is 13.7. The average molecular weight is 530 g/mol. The first-order valence-corrected chi connectivity index (χ1v) is 12.2. The van der Waals surface area contributed by atoms with Crippen LogP contribution in [0.3, 0.4) is 0 Å². The largest absolute Gasteiger partial charge is 0.481 e. The number of aliphatic carboxylic acids is 1. The molecule has 1 atom stereocenters. The Balaban J connectivity index is 1.58. The molecular weight excluding hydrogens is 501 g/mol. The van der Waals surface area contributed by atoms with E-state index in [1.54, 1.807) is 0 Å². The van der Waals surface area contributed by atoms with E-state index >= 15 is 0 Å². The van der Waals surface area contributed by atoms with Gasteiger partial charge in [-0.1, -0.05) is 25.0 Å². The van der Waals surface area contributed by atoms with Crippen molar-refractivity contribution in [3.63, 3.8) is 0 Å². The summed E-state index contributed by atoms with van der Waals surface area (Å²) in [6.45, 7) is -0.117. The van der Waals surface area contributed by atoms with E-state index in [-0.39, 0.29) is 49.2 Å². The maximum absolute atomic E-state index is 13.7. The number of aromatic nitrogens is 3. The van der Waals surface area contributed by atoms with Gasteiger partial charge in [0.2, 0.25) is 5.82 Å². The predicted molar refractivity (Wildman–Crippen MR) is 122 cm³/mol. The molecule has 37 heavy (non-hydrogen) atoms. The molecule has 2 aromatic rings.